The van der Waals surface area contributed by atoms with Crippen LogP contribution in [0.4, 0.5) is 0 Å². The first-order valence-electron chi connectivity index (χ1n) is 8.18. The molecule has 19 heavy (non-hydrogen) atoms. The third-order valence-corrected chi connectivity index (χ3v) is 3.65. The summed E-state index contributed by atoms with van der Waals surface area (Å²) < 4.78 is 0. The quantitative estimate of drug-likeness (QED) is 0.549. The van der Waals surface area contributed by atoms with Crippen LogP contribution < -0.4 is 5.32 Å². The predicted octanol–water partition coefficient (Wildman–Crippen LogP) is 2.43. The van der Waals surface area contributed by atoms with Gasteiger partial charge in [0.2, 0.25) is 0 Å². The van der Waals surface area contributed by atoms with Gasteiger partial charge in [-0.2, -0.15) is 0 Å². The fourth-order valence-corrected chi connectivity index (χ4v) is 2.38. The molecule has 0 aliphatic heterocycles. The van der Waals surface area contributed by atoms with Crippen LogP contribution in [0.2, 0.25) is 0 Å². The van der Waals surface area contributed by atoms with Crippen molar-refractivity contribution in [2.24, 2.45) is 5.92 Å². The Morgan fingerprint density at radius 3 is 2.32 bits per heavy atom. The van der Waals surface area contributed by atoms with Gasteiger partial charge in [0.15, 0.2) is 0 Å². The molecule has 0 spiro atoms. The highest BCUT2D eigenvalue weighted by Gasteiger charge is 2.19. The first-order valence-corrected chi connectivity index (χ1v) is 8.18. The average molecular weight is 269 g/mol. The van der Waals surface area contributed by atoms with Gasteiger partial charge in [0, 0.05) is 25.7 Å². The van der Waals surface area contributed by atoms with Crippen LogP contribution in [0.25, 0.3) is 0 Å². The van der Waals surface area contributed by atoms with E-state index in [1.807, 2.05) is 0 Å². The van der Waals surface area contributed by atoms with E-state index in [2.05, 4.69) is 43.1 Å². The molecule has 0 saturated heterocycles. The maximum absolute atomic E-state index is 3.60. The molecule has 0 atom stereocenters. The average Bonchev–Trinajstić information content (AvgIpc) is 3.13. The molecule has 1 aliphatic rings. The fourth-order valence-electron chi connectivity index (χ4n) is 2.38. The Bertz CT molecular complexity index is 212. The molecule has 3 nitrogen and oxygen atoms in total. The van der Waals surface area contributed by atoms with Crippen molar-refractivity contribution in [1.29, 1.82) is 0 Å². The maximum Gasteiger partial charge on any atom is 0.0109 e. The van der Waals surface area contributed by atoms with E-state index < -0.39 is 0 Å². The van der Waals surface area contributed by atoms with E-state index in [4.69, 9.17) is 0 Å². The molecule has 114 valence electrons. The molecule has 0 bridgehead atoms. The molecular formula is C16H35N3. The molecule has 0 radical (unpaired) electrons. The molecule has 0 aromatic heterocycles. The predicted molar refractivity (Wildman–Crippen MR) is 84.7 cm³/mol. The summed E-state index contributed by atoms with van der Waals surface area (Å²) in [5, 5.41) is 3.60. The molecule has 1 saturated carbocycles. The third-order valence-electron chi connectivity index (χ3n) is 3.65. The topological polar surface area (TPSA) is 18.5 Å². The molecule has 0 amide bonds. The number of rotatable bonds is 12. The van der Waals surface area contributed by atoms with Crippen LogP contribution in [0.1, 0.15) is 46.0 Å². The largest absolute Gasteiger partial charge is 0.314 e. The Morgan fingerprint density at radius 1 is 1.00 bits per heavy atom. The van der Waals surface area contributed by atoms with Crippen molar-refractivity contribution in [3.63, 3.8) is 0 Å². The normalized spacial score (nSPS) is 15.9. The van der Waals surface area contributed by atoms with Gasteiger partial charge in [-0.1, -0.05) is 20.3 Å². The summed E-state index contributed by atoms with van der Waals surface area (Å²) in [7, 11) is 4.33. The van der Waals surface area contributed by atoms with Gasteiger partial charge in [-0.25, -0.2) is 0 Å². The minimum atomic E-state index is 0.777. The van der Waals surface area contributed by atoms with Crippen molar-refractivity contribution >= 4 is 0 Å². The van der Waals surface area contributed by atoms with Crippen molar-refractivity contribution in [1.82, 2.24) is 15.1 Å². The number of likely N-dealkylation sites (N-methyl/N-ethyl adjacent to an activating group) is 1. The highest BCUT2D eigenvalue weighted by molar-refractivity contribution is 4.80. The number of hydrogen-bond acceptors (Lipinski definition) is 3. The molecular weight excluding hydrogens is 234 g/mol. The molecule has 0 unspecified atom stereocenters. The van der Waals surface area contributed by atoms with E-state index >= 15 is 0 Å². The second-order valence-corrected chi connectivity index (χ2v) is 6.79. The second kappa shape index (κ2) is 9.73. The first-order chi connectivity index (χ1) is 9.08. The molecule has 1 fully saturated rings. The van der Waals surface area contributed by atoms with Crippen molar-refractivity contribution < 1.29 is 0 Å². The number of nitrogens with one attached hydrogen (secondary N) is 1. The monoisotopic (exact) mass is 269 g/mol. The van der Waals surface area contributed by atoms with Gasteiger partial charge < -0.3 is 15.1 Å². The Labute approximate surface area is 120 Å². The van der Waals surface area contributed by atoms with E-state index in [1.54, 1.807) is 0 Å². The van der Waals surface area contributed by atoms with Crippen LogP contribution in [0, 0.1) is 5.92 Å². The van der Waals surface area contributed by atoms with Crippen LogP contribution in [0.3, 0.4) is 0 Å². The van der Waals surface area contributed by atoms with E-state index in [0.717, 1.165) is 12.0 Å². The summed E-state index contributed by atoms with van der Waals surface area (Å²) in [4.78, 5) is 4.92. The Balaban J connectivity index is 2.01. The van der Waals surface area contributed by atoms with Crippen molar-refractivity contribution in [3.05, 3.63) is 0 Å². The summed E-state index contributed by atoms with van der Waals surface area (Å²) in [6.07, 6.45) is 6.89. The highest BCUT2D eigenvalue weighted by Crippen LogP contribution is 2.18. The summed E-state index contributed by atoms with van der Waals surface area (Å²) in [5.74, 6) is 0.777. The van der Waals surface area contributed by atoms with Crippen LogP contribution >= 0.6 is 0 Å². The lowest BCUT2D eigenvalue weighted by Gasteiger charge is -2.25. The van der Waals surface area contributed by atoms with Gasteiger partial charge >= 0.3 is 0 Å². The SMILES string of the molecule is CC(C)CN(CCCCCNC1CC1)CCN(C)C. The summed E-state index contributed by atoms with van der Waals surface area (Å²) in [6, 6.07) is 0.873. The van der Waals surface area contributed by atoms with Gasteiger partial charge in [-0.15, -0.1) is 0 Å². The fraction of sp³-hybridized carbons (Fsp3) is 1.00. The number of nitrogens with zero attached hydrogens (tertiary/aromatic N) is 2. The van der Waals surface area contributed by atoms with Gasteiger partial charge in [0.25, 0.3) is 0 Å². The summed E-state index contributed by atoms with van der Waals surface area (Å²) in [6.45, 7) is 10.8. The Hall–Kier alpha value is -0.120. The Morgan fingerprint density at radius 2 is 1.74 bits per heavy atom. The highest BCUT2D eigenvalue weighted by atomic mass is 15.2. The smallest absolute Gasteiger partial charge is 0.0109 e. The molecule has 1 N–H and O–H groups in total. The standard InChI is InChI=1S/C16H35N3/c1-15(2)14-19(13-12-18(3)4)11-7-5-6-10-17-16-8-9-16/h15-17H,5-14H2,1-4H3. The lowest BCUT2D eigenvalue weighted by Crippen LogP contribution is -2.35. The van der Waals surface area contributed by atoms with Crippen LogP contribution in [0.5, 0.6) is 0 Å². The van der Waals surface area contributed by atoms with Gasteiger partial charge in [0.1, 0.15) is 0 Å². The zero-order valence-corrected chi connectivity index (χ0v) is 13.6. The van der Waals surface area contributed by atoms with Crippen LogP contribution in [-0.4, -0.2) is 62.7 Å². The Kier molecular flexibility index (Phi) is 8.67. The number of unbranched alkanes of at least 4 members (excludes halogenated alkanes) is 2. The summed E-state index contributed by atoms with van der Waals surface area (Å²) >= 11 is 0. The third kappa shape index (κ3) is 10.3. The molecule has 1 aliphatic carbocycles. The lowest BCUT2D eigenvalue weighted by molar-refractivity contribution is 0.215. The number of hydrogen-bond donors (Lipinski definition) is 1. The van der Waals surface area contributed by atoms with E-state index in [1.165, 1.54) is 64.8 Å². The van der Waals surface area contributed by atoms with Gasteiger partial charge in [-0.05, 0) is 58.8 Å². The van der Waals surface area contributed by atoms with Crippen LogP contribution in [-0.2, 0) is 0 Å². The van der Waals surface area contributed by atoms with E-state index in [-0.39, 0.29) is 0 Å². The lowest BCUT2D eigenvalue weighted by atomic mass is 10.1. The van der Waals surface area contributed by atoms with Crippen molar-refractivity contribution in [2.45, 2.75) is 52.0 Å². The molecule has 0 aromatic carbocycles. The molecule has 1 rings (SSSR count). The van der Waals surface area contributed by atoms with Crippen LogP contribution in [0.15, 0.2) is 0 Å². The van der Waals surface area contributed by atoms with Crippen molar-refractivity contribution in [3.8, 4) is 0 Å². The van der Waals surface area contributed by atoms with Gasteiger partial charge in [0.05, 0.1) is 0 Å². The maximum atomic E-state index is 3.60. The minimum Gasteiger partial charge on any atom is -0.314 e. The zero-order valence-electron chi connectivity index (χ0n) is 13.6. The first kappa shape index (κ1) is 16.9. The van der Waals surface area contributed by atoms with Crippen molar-refractivity contribution in [2.75, 3.05) is 46.8 Å². The second-order valence-electron chi connectivity index (χ2n) is 6.79. The minimum absolute atomic E-state index is 0.777. The molecule has 3 heteroatoms. The molecule has 0 aromatic rings. The molecule has 0 heterocycles. The van der Waals surface area contributed by atoms with E-state index in [0.29, 0.717) is 0 Å². The summed E-state index contributed by atoms with van der Waals surface area (Å²) in [5.41, 5.74) is 0. The van der Waals surface area contributed by atoms with Gasteiger partial charge in [-0.3, -0.25) is 0 Å². The zero-order chi connectivity index (χ0) is 14.1. The van der Waals surface area contributed by atoms with E-state index in [9.17, 15) is 0 Å².